The van der Waals surface area contributed by atoms with Crippen LogP contribution >= 0.6 is 0 Å². The number of nitrogens with zero attached hydrogens (tertiary/aromatic N) is 4. The SMILES string of the molecule is Cc1cccc(-n2c3ccccc3c3nc(-c4ccccc4)c(N(C)c4ccccc4)nc32)c1. The van der Waals surface area contributed by atoms with Crippen molar-refractivity contribution < 1.29 is 0 Å². The van der Waals surface area contributed by atoms with Gasteiger partial charge in [0.05, 0.1) is 5.52 Å². The number of hydrogen-bond acceptors (Lipinski definition) is 3. The molecule has 0 amide bonds. The zero-order valence-electron chi connectivity index (χ0n) is 19.2. The van der Waals surface area contributed by atoms with Crippen LogP contribution in [0.1, 0.15) is 5.56 Å². The van der Waals surface area contributed by atoms with Gasteiger partial charge in [0, 0.05) is 29.4 Å². The number of hydrogen-bond donors (Lipinski definition) is 0. The Balaban J connectivity index is 1.72. The minimum absolute atomic E-state index is 0.821. The van der Waals surface area contributed by atoms with Crippen molar-refractivity contribution in [2.45, 2.75) is 6.92 Å². The lowest BCUT2D eigenvalue weighted by Crippen LogP contribution is -2.14. The first-order valence-electron chi connectivity index (χ1n) is 11.4. The van der Waals surface area contributed by atoms with E-state index < -0.39 is 0 Å². The molecule has 2 aromatic heterocycles. The molecule has 0 spiro atoms. The highest BCUT2D eigenvalue weighted by atomic mass is 15.2. The monoisotopic (exact) mass is 440 g/mol. The van der Waals surface area contributed by atoms with Gasteiger partial charge < -0.3 is 4.90 Å². The molecular weight excluding hydrogens is 416 g/mol. The molecule has 0 radical (unpaired) electrons. The topological polar surface area (TPSA) is 34.0 Å². The molecule has 0 aliphatic heterocycles. The standard InChI is InChI=1S/C30H24N4/c1-21-12-11-17-24(20-21)34-26-19-10-9-18-25(26)28-30(34)32-29(33(2)23-15-7-4-8-16-23)27(31-28)22-13-5-3-6-14-22/h3-20H,1-2H3. The third-order valence-corrected chi connectivity index (χ3v) is 6.24. The van der Waals surface area contributed by atoms with E-state index in [1.807, 2.05) is 36.4 Å². The maximum atomic E-state index is 5.30. The first-order valence-corrected chi connectivity index (χ1v) is 11.4. The number of para-hydroxylation sites is 2. The molecule has 164 valence electrons. The van der Waals surface area contributed by atoms with Gasteiger partial charge in [0.25, 0.3) is 0 Å². The Kier molecular flexibility index (Phi) is 4.84. The summed E-state index contributed by atoms with van der Waals surface area (Å²) in [5.74, 6) is 0.821. The number of fused-ring (bicyclic) bond motifs is 3. The van der Waals surface area contributed by atoms with Crippen LogP contribution < -0.4 is 4.90 Å². The number of anilines is 2. The van der Waals surface area contributed by atoms with Crippen LogP contribution in [0.15, 0.2) is 109 Å². The number of aromatic nitrogens is 3. The van der Waals surface area contributed by atoms with E-state index >= 15 is 0 Å². The second kappa shape index (κ2) is 8.16. The van der Waals surface area contributed by atoms with Crippen LogP contribution in [0.5, 0.6) is 0 Å². The predicted octanol–water partition coefficient (Wildman–Crippen LogP) is 7.32. The van der Waals surface area contributed by atoms with Crippen molar-refractivity contribution in [3.05, 3.63) is 115 Å². The number of rotatable bonds is 4. The summed E-state index contributed by atoms with van der Waals surface area (Å²) >= 11 is 0. The number of aryl methyl sites for hydroxylation is 1. The van der Waals surface area contributed by atoms with Gasteiger partial charge in [-0.3, -0.25) is 4.57 Å². The third-order valence-electron chi connectivity index (χ3n) is 6.24. The molecule has 0 saturated carbocycles. The lowest BCUT2D eigenvalue weighted by molar-refractivity contribution is 1.08. The fourth-order valence-electron chi connectivity index (χ4n) is 4.56. The highest BCUT2D eigenvalue weighted by Crippen LogP contribution is 2.37. The predicted molar refractivity (Wildman–Crippen MR) is 141 cm³/mol. The fraction of sp³-hybridized carbons (Fsp3) is 0.0667. The van der Waals surface area contributed by atoms with Crippen LogP contribution in [-0.2, 0) is 0 Å². The summed E-state index contributed by atoms with van der Waals surface area (Å²) in [4.78, 5) is 12.7. The summed E-state index contributed by atoms with van der Waals surface area (Å²) in [6.07, 6.45) is 0. The molecular formula is C30H24N4. The van der Waals surface area contributed by atoms with Crippen molar-refractivity contribution in [1.29, 1.82) is 0 Å². The van der Waals surface area contributed by atoms with Crippen LogP contribution in [0.3, 0.4) is 0 Å². The van der Waals surface area contributed by atoms with Gasteiger partial charge >= 0.3 is 0 Å². The quantitative estimate of drug-likeness (QED) is 0.288. The lowest BCUT2D eigenvalue weighted by Gasteiger charge is -2.21. The van der Waals surface area contributed by atoms with Gasteiger partial charge in [-0.25, -0.2) is 9.97 Å². The molecule has 34 heavy (non-hydrogen) atoms. The minimum Gasteiger partial charge on any atom is -0.328 e. The van der Waals surface area contributed by atoms with Crippen LogP contribution in [0.25, 0.3) is 39.0 Å². The summed E-state index contributed by atoms with van der Waals surface area (Å²) in [6.45, 7) is 2.12. The molecule has 4 heteroatoms. The van der Waals surface area contributed by atoms with E-state index in [-0.39, 0.29) is 0 Å². The summed E-state index contributed by atoms with van der Waals surface area (Å²) in [6, 6.07) is 37.6. The number of benzene rings is 4. The van der Waals surface area contributed by atoms with Crippen molar-refractivity contribution >= 4 is 33.6 Å². The lowest BCUT2D eigenvalue weighted by atomic mass is 10.1. The molecule has 2 heterocycles. The summed E-state index contributed by atoms with van der Waals surface area (Å²) in [7, 11) is 2.05. The van der Waals surface area contributed by atoms with Crippen LogP contribution in [0.4, 0.5) is 11.5 Å². The minimum atomic E-state index is 0.821. The largest absolute Gasteiger partial charge is 0.328 e. The van der Waals surface area contributed by atoms with E-state index in [1.165, 1.54) is 5.56 Å². The highest BCUT2D eigenvalue weighted by Gasteiger charge is 2.21. The van der Waals surface area contributed by atoms with E-state index in [2.05, 4.69) is 96.2 Å². The molecule has 4 aromatic carbocycles. The Bertz CT molecular complexity index is 1620. The van der Waals surface area contributed by atoms with E-state index in [1.54, 1.807) is 0 Å². The van der Waals surface area contributed by atoms with Gasteiger partial charge in [-0.1, -0.05) is 78.9 Å². The van der Waals surface area contributed by atoms with E-state index in [9.17, 15) is 0 Å². The van der Waals surface area contributed by atoms with Crippen molar-refractivity contribution in [3.8, 4) is 16.9 Å². The van der Waals surface area contributed by atoms with Gasteiger partial charge in [0.15, 0.2) is 11.5 Å². The second-order valence-electron chi connectivity index (χ2n) is 8.52. The van der Waals surface area contributed by atoms with Crippen LogP contribution in [-0.4, -0.2) is 21.6 Å². The Hall–Kier alpha value is -4.44. The normalized spacial score (nSPS) is 11.2. The Labute approximate surface area is 198 Å². The molecule has 0 aliphatic rings. The smallest absolute Gasteiger partial charge is 0.166 e. The van der Waals surface area contributed by atoms with E-state index in [0.29, 0.717) is 0 Å². The summed E-state index contributed by atoms with van der Waals surface area (Å²) in [5, 5.41) is 1.10. The second-order valence-corrected chi connectivity index (χ2v) is 8.52. The molecule has 0 atom stereocenters. The molecule has 0 bridgehead atoms. The average molecular weight is 441 g/mol. The molecule has 0 fully saturated rings. The van der Waals surface area contributed by atoms with E-state index in [0.717, 1.165) is 50.5 Å². The van der Waals surface area contributed by atoms with Crippen molar-refractivity contribution in [2.75, 3.05) is 11.9 Å². The van der Waals surface area contributed by atoms with Gasteiger partial charge in [0.1, 0.15) is 11.2 Å². The Morgan fingerprint density at radius 1 is 0.706 bits per heavy atom. The van der Waals surface area contributed by atoms with Crippen molar-refractivity contribution in [2.24, 2.45) is 0 Å². The molecule has 6 aromatic rings. The molecule has 0 aliphatic carbocycles. The summed E-state index contributed by atoms with van der Waals surface area (Å²) < 4.78 is 2.22. The van der Waals surface area contributed by atoms with Crippen LogP contribution in [0, 0.1) is 6.92 Å². The first kappa shape index (κ1) is 20.2. The van der Waals surface area contributed by atoms with Crippen molar-refractivity contribution in [3.63, 3.8) is 0 Å². The maximum absolute atomic E-state index is 5.30. The van der Waals surface area contributed by atoms with Gasteiger partial charge in [-0.15, -0.1) is 0 Å². The zero-order chi connectivity index (χ0) is 23.1. The zero-order valence-corrected chi connectivity index (χ0v) is 19.2. The molecule has 0 N–H and O–H groups in total. The molecule has 0 unspecified atom stereocenters. The first-order chi connectivity index (χ1) is 16.7. The van der Waals surface area contributed by atoms with Gasteiger partial charge in [0.2, 0.25) is 0 Å². The van der Waals surface area contributed by atoms with Crippen LogP contribution in [0.2, 0.25) is 0 Å². The Morgan fingerprint density at radius 3 is 2.18 bits per heavy atom. The maximum Gasteiger partial charge on any atom is 0.166 e. The average Bonchev–Trinajstić information content (AvgIpc) is 3.22. The molecule has 6 rings (SSSR count). The van der Waals surface area contributed by atoms with Gasteiger partial charge in [-0.05, 0) is 42.8 Å². The summed E-state index contributed by atoms with van der Waals surface area (Å²) in [5.41, 5.74) is 8.12. The van der Waals surface area contributed by atoms with Crippen molar-refractivity contribution in [1.82, 2.24) is 14.5 Å². The molecule has 4 nitrogen and oxygen atoms in total. The molecule has 0 saturated heterocycles. The van der Waals surface area contributed by atoms with E-state index in [4.69, 9.17) is 9.97 Å². The Morgan fingerprint density at radius 2 is 1.41 bits per heavy atom. The highest BCUT2D eigenvalue weighted by molar-refractivity contribution is 6.07. The third kappa shape index (κ3) is 3.32. The van der Waals surface area contributed by atoms with Gasteiger partial charge in [-0.2, -0.15) is 0 Å². The fourth-order valence-corrected chi connectivity index (χ4v) is 4.56.